The van der Waals surface area contributed by atoms with Crippen molar-refractivity contribution in [1.29, 1.82) is 0 Å². The number of piperidine rings is 1. The normalized spacial score (nSPS) is 19.7. The predicted molar refractivity (Wildman–Crippen MR) is 100.0 cm³/mol. The van der Waals surface area contributed by atoms with Gasteiger partial charge in [0.05, 0.1) is 32.4 Å². The van der Waals surface area contributed by atoms with Gasteiger partial charge in [-0.15, -0.1) is 0 Å². The third kappa shape index (κ3) is 4.67. The van der Waals surface area contributed by atoms with E-state index >= 15 is 0 Å². The van der Waals surface area contributed by atoms with Crippen LogP contribution >= 0.6 is 0 Å². The molecule has 7 nitrogen and oxygen atoms in total. The van der Waals surface area contributed by atoms with Crippen molar-refractivity contribution < 1.29 is 22.7 Å². The van der Waals surface area contributed by atoms with E-state index < -0.39 is 10.0 Å². The summed E-state index contributed by atoms with van der Waals surface area (Å²) in [5.41, 5.74) is 1.92. The molecule has 146 valence electrons. The van der Waals surface area contributed by atoms with Gasteiger partial charge in [0.1, 0.15) is 0 Å². The van der Waals surface area contributed by atoms with Crippen molar-refractivity contribution in [3.8, 4) is 11.5 Å². The zero-order chi connectivity index (χ0) is 19.5. The Bertz CT molecular complexity index is 763. The second-order valence-electron chi connectivity index (χ2n) is 6.75. The second-order valence-corrected chi connectivity index (χ2v) is 8.74. The summed E-state index contributed by atoms with van der Waals surface area (Å²) in [6.07, 6.45) is 2.56. The van der Waals surface area contributed by atoms with Crippen LogP contribution in [0.4, 0.5) is 0 Å². The molecular weight excluding hydrogens is 356 g/mol. The van der Waals surface area contributed by atoms with Crippen molar-refractivity contribution in [1.82, 2.24) is 9.62 Å². The van der Waals surface area contributed by atoms with Gasteiger partial charge in [0.25, 0.3) is 0 Å². The molecule has 0 aromatic heterocycles. The van der Waals surface area contributed by atoms with E-state index in [9.17, 15) is 13.2 Å². The summed E-state index contributed by atoms with van der Waals surface area (Å²) in [6, 6.07) is 3.52. The molecule has 0 bridgehead atoms. The molecule has 1 aliphatic rings. The molecule has 1 aromatic rings. The average molecular weight is 384 g/mol. The maximum atomic E-state index is 12.7. The minimum Gasteiger partial charge on any atom is -0.493 e. The predicted octanol–water partition coefficient (Wildman–Crippen LogP) is 1.86. The van der Waals surface area contributed by atoms with Crippen molar-refractivity contribution >= 4 is 15.9 Å². The molecule has 1 aliphatic heterocycles. The molecule has 1 saturated heterocycles. The minimum atomic E-state index is -3.27. The fourth-order valence-electron chi connectivity index (χ4n) is 3.33. The Morgan fingerprint density at radius 3 is 2.46 bits per heavy atom. The third-order valence-electron chi connectivity index (χ3n) is 4.82. The maximum Gasteiger partial charge on any atom is 0.224 e. The summed E-state index contributed by atoms with van der Waals surface area (Å²) in [5, 5.41) is 3.01. The first-order valence-corrected chi connectivity index (χ1v) is 10.5. The van der Waals surface area contributed by atoms with E-state index in [4.69, 9.17) is 9.47 Å². The Morgan fingerprint density at radius 1 is 1.27 bits per heavy atom. The van der Waals surface area contributed by atoms with E-state index in [1.165, 1.54) is 10.6 Å². The zero-order valence-corrected chi connectivity index (χ0v) is 16.9. The molecule has 1 fully saturated rings. The van der Waals surface area contributed by atoms with Crippen molar-refractivity contribution in [2.75, 3.05) is 33.6 Å². The number of carbonyl (C=O) groups excluding carboxylic acids is 1. The molecule has 2 atom stereocenters. The Labute approximate surface area is 155 Å². The first-order valence-electron chi connectivity index (χ1n) is 8.65. The number of nitrogens with zero attached hydrogens (tertiary/aromatic N) is 1. The van der Waals surface area contributed by atoms with Crippen LogP contribution in [0, 0.1) is 12.8 Å². The summed E-state index contributed by atoms with van der Waals surface area (Å²) >= 11 is 0. The smallest absolute Gasteiger partial charge is 0.224 e. The summed E-state index contributed by atoms with van der Waals surface area (Å²) in [7, 11) is -0.120. The second kappa shape index (κ2) is 8.26. The lowest BCUT2D eigenvalue weighted by Gasteiger charge is -2.31. The fourth-order valence-corrected chi connectivity index (χ4v) is 4.24. The Hall–Kier alpha value is -1.80. The zero-order valence-electron chi connectivity index (χ0n) is 16.0. The van der Waals surface area contributed by atoms with Gasteiger partial charge < -0.3 is 14.8 Å². The number of carbonyl (C=O) groups is 1. The molecule has 2 rings (SSSR count). The lowest BCUT2D eigenvalue weighted by Crippen LogP contribution is -2.45. The maximum absolute atomic E-state index is 12.7. The molecule has 0 unspecified atom stereocenters. The van der Waals surface area contributed by atoms with Gasteiger partial charge in [-0.1, -0.05) is 0 Å². The summed E-state index contributed by atoms with van der Waals surface area (Å²) in [6.45, 7) is 4.57. The highest BCUT2D eigenvalue weighted by Gasteiger charge is 2.31. The first kappa shape index (κ1) is 20.5. The first-order chi connectivity index (χ1) is 12.2. The Morgan fingerprint density at radius 2 is 1.88 bits per heavy atom. The van der Waals surface area contributed by atoms with Crippen LogP contribution in [0.5, 0.6) is 11.5 Å². The topological polar surface area (TPSA) is 84.9 Å². The number of sulfonamides is 1. The molecule has 8 heteroatoms. The van der Waals surface area contributed by atoms with Crippen LogP contribution in [0.3, 0.4) is 0 Å². The summed E-state index contributed by atoms with van der Waals surface area (Å²) in [5.74, 6) is 0.792. The molecule has 0 aliphatic carbocycles. The van der Waals surface area contributed by atoms with Crippen molar-refractivity contribution in [2.45, 2.75) is 32.7 Å². The van der Waals surface area contributed by atoms with Gasteiger partial charge in [0, 0.05) is 13.1 Å². The average Bonchev–Trinajstić information content (AvgIpc) is 2.60. The van der Waals surface area contributed by atoms with Gasteiger partial charge in [-0.3, -0.25) is 4.79 Å². The number of aryl methyl sites for hydroxylation is 1. The lowest BCUT2D eigenvalue weighted by atomic mass is 9.96. The largest absolute Gasteiger partial charge is 0.493 e. The number of amides is 1. The van der Waals surface area contributed by atoms with Crippen LogP contribution < -0.4 is 14.8 Å². The van der Waals surface area contributed by atoms with Crippen LogP contribution in [0.15, 0.2) is 12.1 Å². The van der Waals surface area contributed by atoms with Crippen LogP contribution in [0.25, 0.3) is 0 Å². The molecule has 1 heterocycles. The van der Waals surface area contributed by atoms with E-state index in [1.54, 1.807) is 14.2 Å². The summed E-state index contributed by atoms with van der Waals surface area (Å²) in [4.78, 5) is 12.7. The standard InChI is InChI=1S/C18H28N2O5S/c1-12-9-16(24-3)17(25-4)10-15(12)13(2)19-18(21)14-7-6-8-20(11-14)26(5,22)23/h9-10,13-14H,6-8,11H2,1-5H3,(H,19,21)/t13-,14-/m0/s1. The van der Waals surface area contributed by atoms with E-state index in [1.807, 2.05) is 26.0 Å². The number of methoxy groups -OCH3 is 2. The van der Waals surface area contributed by atoms with E-state index in [0.717, 1.165) is 11.1 Å². The van der Waals surface area contributed by atoms with E-state index in [-0.39, 0.29) is 24.4 Å². The fraction of sp³-hybridized carbons (Fsp3) is 0.611. The van der Waals surface area contributed by atoms with Crippen molar-refractivity contribution in [3.05, 3.63) is 23.3 Å². The van der Waals surface area contributed by atoms with Gasteiger partial charge in [0.15, 0.2) is 11.5 Å². The van der Waals surface area contributed by atoms with Gasteiger partial charge in [-0.2, -0.15) is 0 Å². The monoisotopic (exact) mass is 384 g/mol. The molecule has 0 radical (unpaired) electrons. The highest BCUT2D eigenvalue weighted by Crippen LogP contribution is 2.33. The molecule has 1 aromatic carbocycles. The molecule has 26 heavy (non-hydrogen) atoms. The molecule has 0 saturated carbocycles. The van der Waals surface area contributed by atoms with Crippen LogP contribution in [0.2, 0.25) is 0 Å². The lowest BCUT2D eigenvalue weighted by molar-refractivity contribution is -0.126. The van der Waals surface area contributed by atoms with Crippen molar-refractivity contribution in [2.24, 2.45) is 5.92 Å². The van der Waals surface area contributed by atoms with Gasteiger partial charge in [-0.05, 0) is 49.9 Å². The van der Waals surface area contributed by atoms with E-state index in [0.29, 0.717) is 30.9 Å². The highest BCUT2D eigenvalue weighted by molar-refractivity contribution is 7.88. The number of benzene rings is 1. The number of nitrogens with one attached hydrogen (secondary N) is 1. The number of hydrogen-bond acceptors (Lipinski definition) is 5. The Balaban J connectivity index is 2.12. The Kier molecular flexibility index (Phi) is 6.52. The van der Waals surface area contributed by atoms with Gasteiger partial charge in [-0.25, -0.2) is 12.7 Å². The van der Waals surface area contributed by atoms with Crippen LogP contribution in [0.1, 0.15) is 36.9 Å². The number of rotatable bonds is 6. The highest BCUT2D eigenvalue weighted by atomic mass is 32.2. The van der Waals surface area contributed by atoms with Crippen LogP contribution in [-0.2, 0) is 14.8 Å². The number of ether oxygens (including phenoxy) is 2. The molecule has 0 spiro atoms. The van der Waals surface area contributed by atoms with Crippen molar-refractivity contribution in [3.63, 3.8) is 0 Å². The quantitative estimate of drug-likeness (QED) is 0.809. The molecule has 1 N–H and O–H groups in total. The van der Waals surface area contributed by atoms with E-state index in [2.05, 4.69) is 5.32 Å². The third-order valence-corrected chi connectivity index (χ3v) is 6.09. The minimum absolute atomic E-state index is 0.125. The summed E-state index contributed by atoms with van der Waals surface area (Å²) < 4.78 is 35.5. The number of hydrogen-bond donors (Lipinski definition) is 1. The van der Waals surface area contributed by atoms with Crippen LogP contribution in [-0.4, -0.2) is 52.2 Å². The van der Waals surface area contributed by atoms with Gasteiger partial charge in [0.2, 0.25) is 15.9 Å². The molecular formula is C18H28N2O5S. The molecule has 1 amide bonds. The SMILES string of the molecule is COc1cc(C)c([C@H](C)NC(=O)[C@H]2CCCN(S(C)(=O)=O)C2)cc1OC. The van der Waals surface area contributed by atoms with Gasteiger partial charge >= 0.3 is 0 Å².